The summed E-state index contributed by atoms with van der Waals surface area (Å²) in [5, 5.41) is 10.3. The molecule has 1 amide bonds. The van der Waals surface area contributed by atoms with E-state index in [2.05, 4.69) is 4.90 Å². The zero-order valence-electron chi connectivity index (χ0n) is 14.8. The number of benzene rings is 2. The first kappa shape index (κ1) is 18.4. The van der Waals surface area contributed by atoms with E-state index in [1.54, 1.807) is 36.3 Å². The van der Waals surface area contributed by atoms with Gasteiger partial charge in [-0.3, -0.25) is 9.69 Å². The highest BCUT2D eigenvalue weighted by molar-refractivity contribution is 5.97. The second kappa shape index (κ2) is 8.29. The first-order valence-corrected chi connectivity index (χ1v) is 8.66. The van der Waals surface area contributed by atoms with Crippen molar-refractivity contribution in [1.29, 1.82) is 0 Å². The molecule has 0 bridgehead atoms. The van der Waals surface area contributed by atoms with Crippen molar-refractivity contribution in [3.63, 3.8) is 0 Å². The number of nitrogens with zero attached hydrogens (tertiary/aromatic N) is 2. The van der Waals surface area contributed by atoms with Gasteiger partial charge in [0.15, 0.2) is 0 Å². The molecule has 0 radical (unpaired) electrons. The topological polar surface area (TPSA) is 53.0 Å². The normalized spacial score (nSPS) is 16.3. The van der Waals surface area contributed by atoms with Crippen LogP contribution in [-0.4, -0.2) is 60.6 Å². The Kier molecular flexibility index (Phi) is 5.85. The third-order valence-corrected chi connectivity index (χ3v) is 4.68. The van der Waals surface area contributed by atoms with Crippen molar-refractivity contribution in [2.75, 3.05) is 39.8 Å². The summed E-state index contributed by atoms with van der Waals surface area (Å²) < 4.78 is 18.3. The van der Waals surface area contributed by atoms with Crippen LogP contribution in [-0.2, 0) is 0 Å². The molecule has 1 unspecified atom stereocenters. The zero-order valence-corrected chi connectivity index (χ0v) is 14.8. The van der Waals surface area contributed by atoms with E-state index in [0.29, 0.717) is 49.6 Å². The maximum Gasteiger partial charge on any atom is 0.257 e. The number of amides is 1. The van der Waals surface area contributed by atoms with E-state index in [-0.39, 0.29) is 11.7 Å². The Hall–Kier alpha value is -2.44. The number of para-hydroxylation sites is 1. The fraction of sp³-hybridized carbons (Fsp3) is 0.350. The van der Waals surface area contributed by atoms with Crippen molar-refractivity contribution in [3.05, 3.63) is 65.5 Å². The van der Waals surface area contributed by atoms with Crippen molar-refractivity contribution in [2.24, 2.45) is 0 Å². The van der Waals surface area contributed by atoms with Gasteiger partial charge < -0.3 is 14.7 Å². The van der Waals surface area contributed by atoms with Crippen LogP contribution in [0.2, 0.25) is 0 Å². The molecule has 0 spiro atoms. The summed E-state index contributed by atoms with van der Waals surface area (Å²) in [5.41, 5.74) is 1.26. The van der Waals surface area contributed by atoms with Crippen LogP contribution in [0.5, 0.6) is 5.75 Å². The third-order valence-electron chi connectivity index (χ3n) is 4.68. The number of halogens is 1. The molecule has 3 rings (SSSR count). The van der Waals surface area contributed by atoms with Crippen LogP contribution in [0.4, 0.5) is 4.39 Å². The summed E-state index contributed by atoms with van der Waals surface area (Å²) >= 11 is 0. The number of β-amino-alcohol motifs (C(OH)–C–C–N with tert-alkyl or cyclic N) is 1. The van der Waals surface area contributed by atoms with E-state index in [1.165, 1.54) is 12.1 Å². The molecule has 26 heavy (non-hydrogen) atoms. The van der Waals surface area contributed by atoms with Gasteiger partial charge in [0, 0.05) is 32.7 Å². The van der Waals surface area contributed by atoms with Gasteiger partial charge in [-0.05, 0) is 29.8 Å². The molecule has 0 aromatic heterocycles. The minimum Gasteiger partial charge on any atom is -0.496 e. The molecule has 1 aliphatic heterocycles. The number of hydrogen-bond acceptors (Lipinski definition) is 4. The van der Waals surface area contributed by atoms with Crippen molar-refractivity contribution >= 4 is 5.91 Å². The van der Waals surface area contributed by atoms with Gasteiger partial charge in [-0.2, -0.15) is 0 Å². The predicted octanol–water partition coefficient (Wildman–Crippen LogP) is 2.33. The van der Waals surface area contributed by atoms with Crippen molar-refractivity contribution in [1.82, 2.24) is 9.80 Å². The van der Waals surface area contributed by atoms with Crippen LogP contribution in [0.25, 0.3) is 0 Å². The summed E-state index contributed by atoms with van der Waals surface area (Å²) in [4.78, 5) is 16.6. The summed E-state index contributed by atoms with van der Waals surface area (Å²) in [5.74, 6) is 0.220. The SMILES string of the molecule is COc1ccccc1C(=O)N1CCN(CC(O)c2ccc(F)cc2)CC1. The lowest BCUT2D eigenvalue weighted by molar-refractivity contribution is 0.0525. The highest BCUT2D eigenvalue weighted by Gasteiger charge is 2.25. The zero-order chi connectivity index (χ0) is 18.5. The molecule has 0 saturated carbocycles. The van der Waals surface area contributed by atoms with Gasteiger partial charge in [0.25, 0.3) is 5.91 Å². The minimum atomic E-state index is -0.674. The Morgan fingerprint density at radius 2 is 1.77 bits per heavy atom. The summed E-state index contributed by atoms with van der Waals surface area (Å²) in [6.45, 7) is 3.00. The average Bonchev–Trinajstić information content (AvgIpc) is 2.68. The molecule has 5 nitrogen and oxygen atoms in total. The molecule has 1 saturated heterocycles. The molecule has 6 heteroatoms. The molecule has 0 aliphatic carbocycles. The molecule has 138 valence electrons. The molecule has 1 aliphatic rings. The van der Waals surface area contributed by atoms with Crippen LogP contribution in [0.3, 0.4) is 0 Å². The lowest BCUT2D eigenvalue weighted by Gasteiger charge is -2.35. The highest BCUT2D eigenvalue weighted by Crippen LogP contribution is 2.21. The quantitative estimate of drug-likeness (QED) is 0.891. The lowest BCUT2D eigenvalue weighted by atomic mass is 10.1. The fourth-order valence-corrected chi connectivity index (χ4v) is 3.16. The summed E-state index contributed by atoms with van der Waals surface area (Å²) in [6.07, 6.45) is -0.674. The molecule has 1 fully saturated rings. The molecule has 2 aromatic rings. The van der Waals surface area contributed by atoms with Crippen LogP contribution in [0.1, 0.15) is 22.0 Å². The predicted molar refractivity (Wildman–Crippen MR) is 96.7 cm³/mol. The Balaban J connectivity index is 1.55. The monoisotopic (exact) mass is 358 g/mol. The molecule has 2 aromatic carbocycles. The van der Waals surface area contributed by atoms with Crippen molar-refractivity contribution < 1.29 is 19.0 Å². The average molecular weight is 358 g/mol. The van der Waals surface area contributed by atoms with Crippen LogP contribution >= 0.6 is 0 Å². The lowest BCUT2D eigenvalue weighted by Crippen LogP contribution is -2.49. The minimum absolute atomic E-state index is 0.0406. The number of piperazine rings is 1. The van der Waals surface area contributed by atoms with Gasteiger partial charge in [0.05, 0.1) is 18.8 Å². The summed E-state index contributed by atoms with van der Waals surface area (Å²) in [6, 6.07) is 13.1. The van der Waals surface area contributed by atoms with Crippen LogP contribution < -0.4 is 4.74 Å². The molecule has 1 N–H and O–H groups in total. The first-order valence-electron chi connectivity index (χ1n) is 8.66. The standard InChI is InChI=1S/C20H23FN2O3/c1-26-19-5-3-2-4-17(19)20(25)23-12-10-22(11-13-23)14-18(24)15-6-8-16(21)9-7-15/h2-9,18,24H,10-14H2,1H3. The van der Waals surface area contributed by atoms with Gasteiger partial charge in [-0.25, -0.2) is 4.39 Å². The molecule has 1 atom stereocenters. The van der Waals surface area contributed by atoms with Gasteiger partial charge in [-0.15, -0.1) is 0 Å². The second-order valence-electron chi connectivity index (χ2n) is 6.36. The van der Waals surface area contributed by atoms with E-state index < -0.39 is 6.10 Å². The third kappa shape index (κ3) is 4.20. The van der Waals surface area contributed by atoms with E-state index in [1.807, 2.05) is 12.1 Å². The van der Waals surface area contributed by atoms with E-state index >= 15 is 0 Å². The number of ether oxygens (including phenoxy) is 1. The van der Waals surface area contributed by atoms with Gasteiger partial charge in [0.1, 0.15) is 11.6 Å². The number of rotatable bonds is 5. The van der Waals surface area contributed by atoms with Crippen LogP contribution in [0.15, 0.2) is 48.5 Å². The number of aliphatic hydroxyl groups excluding tert-OH is 1. The largest absolute Gasteiger partial charge is 0.496 e. The Morgan fingerprint density at radius 3 is 2.42 bits per heavy atom. The van der Waals surface area contributed by atoms with Crippen molar-refractivity contribution in [3.8, 4) is 5.75 Å². The number of carbonyl (C=O) groups is 1. The van der Waals surface area contributed by atoms with E-state index in [0.717, 1.165) is 0 Å². The molecular weight excluding hydrogens is 335 g/mol. The van der Waals surface area contributed by atoms with Gasteiger partial charge in [-0.1, -0.05) is 24.3 Å². The second-order valence-corrected chi connectivity index (χ2v) is 6.36. The first-order chi connectivity index (χ1) is 12.6. The maximum absolute atomic E-state index is 13.0. The molecule has 1 heterocycles. The Morgan fingerprint density at radius 1 is 1.12 bits per heavy atom. The van der Waals surface area contributed by atoms with Crippen LogP contribution in [0, 0.1) is 5.82 Å². The maximum atomic E-state index is 13.0. The molecular formula is C20H23FN2O3. The number of hydrogen-bond donors (Lipinski definition) is 1. The smallest absolute Gasteiger partial charge is 0.257 e. The number of aliphatic hydroxyl groups is 1. The Bertz CT molecular complexity index is 743. The fourth-order valence-electron chi connectivity index (χ4n) is 3.16. The van der Waals surface area contributed by atoms with E-state index in [9.17, 15) is 14.3 Å². The highest BCUT2D eigenvalue weighted by atomic mass is 19.1. The van der Waals surface area contributed by atoms with E-state index in [4.69, 9.17) is 4.74 Å². The number of methoxy groups -OCH3 is 1. The summed E-state index contributed by atoms with van der Waals surface area (Å²) in [7, 11) is 1.56. The van der Waals surface area contributed by atoms with Gasteiger partial charge in [0.2, 0.25) is 0 Å². The van der Waals surface area contributed by atoms with Gasteiger partial charge >= 0.3 is 0 Å². The van der Waals surface area contributed by atoms with Crippen molar-refractivity contribution in [2.45, 2.75) is 6.10 Å². The Labute approximate surface area is 152 Å². The number of carbonyl (C=O) groups excluding carboxylic acids is 1.